The van der Waals surface area contributed by atoms with Crippen LogP contribution in [-0.2, 0) is 0 Å². The van der Waals surface area contributed by atoms with Crippen molar-refractivity contribution >= 4 is 10.2 Å². The molecule has 0 amide bonds. The van der Waals surface area contributed by atoms with Gasteiger partial charge in [-0.1, -0.05) is 6.08 Å². The van der Waals surface area contributed by atoms with Crippen LogP contribution in [0.25, 0.3) is 0 Å². The molecule has 0 N–H and O–H groups in total. The predicted molar refractivity (Wildman–Crippen MR) is 59.5 cm³/mol. The highest BCUT2D eigenvalue weighted by molar-refractivity contribution is 6.16. The molecule has 0 aliphatic carbocycles. The van der Waals surface area contributed by atoms with E-state index in [-0.39, 0.29) is 5.66 Å². The van der Waals surface area contributed by atoms with Crippen molar-refractivity contribution in [3.05, 3.63) is 11.8 Å². The first kappa shape index (κ1) is 11.9. The zero-order valence-electron chi connectivity index (χ0n) is 9.26. The second-order valence-electron chi connectivity index (χ2n) is 3.78. The molecule has 0 unspecified atom stereocenters. The summed E-state index contributed by atoms with van der Waals surface area (Å²) < 4.78 is 0. The maximum absolute atomic E-state index is 2.27. The number of rotatable bonds is 4. The van der Waals surface area contributed by atoms with Crippen molar-refractivity contribution < 1.29 is 0 Å². The fourth-order valence-corrected chi connectivity index (χ4v) is 1.34. The van der Waals surface area contributed by atoms with Crippen molar-refractivity contribution in [3.8, 4) is 0 Å². The Hall–Kier alpha value is -0.123. The summed E-state index contributed by atoms with van der Waals surface area (Å²) in [5.74, 6) is 0. The van der Waals surface area contributed by atoms with Gasteiger partial charge in [0.2, 0.25) is 0 Å². The van der Waals surface area contributed by atoms with Crippen molar-refractivity contribution in [2.45, 2.75) is 19.0 Å². The van der Waals surface area contributed by atoms with E-state index in [0.29, 0.717) is 0 Å². The lowest BCUT2D eigenvalue weighted by atomic mass is 10.1. The van der Waals surface area contributed by atoms with E-state index in [2.05, 4.69) is 56.7 Å². The molecule has 0 saturated heterocycles. The fraction of sp³-hybridized carbons (Fsp3) is 0.778. The van der Waals surface area contributed by atoms with E-state index in [1.165, 1.54) is 0 Å². The molecule has 0 saturated carbocycles. The quantitative estimate of drug-likeness (QED) is 0.454. The minimum Gasteiger partial charge on any atom is -0.291 e. The van der Waals surface area contributed by atoms with E-state index in [1.807, 2.05) is 0 Å². The molecular weight excluding hydrogens is 164 g/mol. The van der Waals surface area contributed by atoms with Gasteiger partial charge in [-0.2, -0.15) is 0 Å². The summed E-state index contributed by atoms with van der Waals surface area (Å²) in [7, 11) is 9.66. The van der Waals surface area contributed by atoms with E-state index in [1.54, 1.807) is 0 Å². The Morgan fingerprint density at radius 3 is 1.83 bits per heavy atom. The molecule has 0 aromatic carbocycles. The van der Waals surface area contributed by atoms with Crippen LogP contribution in [0.1, 0.15) is 13.3 Å². The number of hydrogen-bond acceptors (Lipinski definition) is 2. The maximum Gasteiger partial charge on any atom is 0.0733 e. The minimum atomic E-state index is 0.154. The second-order valence-corrected chi connectivity index (χ2v) is 4.45. The summed E-state index contributed by atoms with van der Waals surface area (Å²) in [4.78, 5) is 4.52. The third-order valence-electron chi connectivity index (χ3n) is 2.67. The molecule has 12 heavy (non-hydrogen) atoms. The molecule has 0 bridgehead atoms. The topological polar surface area (TPSA) is 6.48 Å². The van der Waals surface area contributed by atoms with Crippen molar-refractivity contribution in [1.29, 1.82) is 0 Å². The SMILES string of the molecule is CN(C)C(C)(CC=C[SiH3])N(C)C. The summed E-state index contributed by atoms with van der Waals surface area (Å²) >= 11 is 0. The molecule has 0 radical (unpaired) electrons. The lowest BCUT2D eigenvalue weighted by molar-refractivity contribution is 0.0243. The van der Waals surface area contributed by atoms with Gasteiger partial charge >= 0.3 is 0 Å². The molecule has 0 rings (SSSR count). The third kappa shape index (κ3) is 2.73. The van der Waals surface area contributed by atoms with Crippen LogP contribution >= 0.6 is 0 Å². The molecule has 0 aromatic heterocycles. The standard InChI is InChI=1S/C9H22N2Si/c1-9(10(2)3,11(4)5)7-6-8-12/h6,8H,7H2,1-5,12H3. The highest BCUT2D eigenvalue weighted by Gasteiger charge is 2.27. The molecular formula is C9H22N2Si. The van der Waals surface area contributed by atoms with Crippen LogP contribution < -0.4 is 0 Å². The monoisotopic (exact) mass is 186 g/mol. The predicted octanol–water partition coefficient (Wildman–Crippen LogP) is 0.0950. The Labute approximate surface area is 79.7 Å². The first-order valence-corrected chi connectivity index (χ1v) is 5.56. The van der Waals surface area contributed by atoms with Crippen LogP contribution in [0.2, 0.25) is 0 Å². The van der Waals surface area contributed by atoms with E-state index < -0.39 is 0 Å². The minimum absolute atomic E-state index is 0.154. The Bertz CT molecular complexity index is 145. The highest BCUT2D eigenvalue weighted by atomic mass is 28.1. The average molecular weight is 186 g/mol. The summed E-state index contributed by atoms with van der Waals surface area (Å²) in [6.45, 7) is 2.26. The van der Waals surface area contributed by atoms with E-state index in [9.17, 15) is 0 Å². The summed E-state index contributed by atoms with van der Waals surface area (Å²) in [6.07, 6.45) is 3.36. The third-order valence-corrected chi connectivity index (χ3v) is 3.14. The zero-order chi connectivity index (χ0) is 9.78. The van der Waals surface area contributed by atoms with Crippen LogP contribution in [0, 0.1) is 0 Å². The maximum atomic E-state index is 2.27. The molecule has 72 valence electrons. The van der Waals surface area contributed by atoms with Gasteiger partial charge in [-0.3, -0.25) is 9.80 Å². The van der Waals surface area contributed by atoms with Gasteiger partial charge in [0, 0.05) is 10.2 Å². The Balaban J connectivity index is 4.39. The van der Waals surface area contributed by atoms with Crippen LogP contribution in [0.3, 0.4) is 0 Å². The van der Waals surface area contributed by atoms with Gasteiger partial charge in [0.15, 0.2) is 0 Å². The first-order valence-electron chi connectivity index (χ1n) is 4.41. The van der Waals surface area contributed by atoms with E-state index in [4.69, 9.17) is 0 Å². The molecule has 0 fully saturated rings. The van der Waals surface area contributed by atoms with Gasteiger partial charge in [0.1, 0.15) is 0 Å². The Morgan fingerprint density at radius 1 is 1.17 bits per heavy atom. The summed E-state index contributed by atoms with van der Waals surface area (Å²) in [6, 6.07) is 0. The largest absolute Gasteiger partial charge is 0.291 e. The highest BCUT2D eigenvalue weighted by Crippen LogP contribution is 2.19. The molecule has 0 spiro atoms. The van der Waals surface area contributed by atoms with Crippen LogP contribution in [0.5, 0.6) is 0 Å². The van der Waals surface area contributed by atoms with Crippen molar-refractivity contribution in [2.75, 3.05) is 28.2 Å². The van der Waals surface area contributed by atoms with Gasteiger partial charge in [-0.25, -0.2) is 0 Å². The van der Waals surface area contributed by atoms with E-state index in [0.717, 1.165) is 16.7 Å². The molecule has 0 aliphatic heterocycles. The van der Waals surface area contributed by atoms with Gasteiger partial charge in [-0.15, -0.1) is 5.70 Å². The van der Waals surface area contributed by atoms with E-state index >= 15 is 0 Å². The lowest BCUT2D eigenvalue weighted by Crippen LogP contribution is -2.52. The van der Waals surface area contributed by atoms with Crippen molar-refractivity contribution in [3.63, 3.8) is 0 Å². The molecule has 0 heterocycles. The van der Waals surface area contributed by atoms with Gasteiger partial charge < -0.3 is 0 Å². The molecule has 0 aromatic rings. The van der Waals surface area contributed by atoms with Gasteiger partial charge in [0.25, 0.3) is 0 Å². The van der Waals surface area contributed by atoms with Crippen LogP contribution in [0.4, 0.5) is 0 Å². The van der Waals surface area contributed by atoms with Crippen molar-refractivity contribution in [1.82, 2.24) is 9.80 Å². The summed E-state index contributed by atoms with van der Waals surface area (Å²) in [5, 5.41) is 0. The molecule has 0 atom stereocenters. The number of hydrogen-bond donors (Lipinski definition) is 0. The second kappa shape index (κ2) is 4.79. The van der Waals surface area contributed by atoms with Crippen LogP contribution in [0.15, 0.2) is 11.8 Å². The molecule has 0 aliphatic rings. The normalized spacial score (nSPS) is 13.9. The van der Waals surface area contributed by atoms with Crippen LogP contribution in [-0.4, -0.2) is 53.9 Å². The fourth-order valence-electron chi connectivity index (χ4n) is 1.11. The first-order chi connectivity index (χ1) is 5.45. The Kier molecular flexibility index (Phi) is 4.75. The molecule has 2 nitrogen and oxygen atoms in total. The van der Waals surface area contributed by atoms with Gasteiger partial charge in [0.05, 0.1) is 5.66 Å². The Morgan fingerprint density at radius 2 is 1.58 bits per heavy atom. The summed E-state index contributed by atoms with van der Waals surface area (Å²) in [5.41, 5.74) is 2.40. The smallest absolute Gasteiger partial charge is 0.0733 e. The van der Waals surface area contributed by atoms with Gasteiger partial charge in [-0.05, 0) is 41.5 Å². The average Bonchev–Trinajstić information content (AvgIpc) is 1.99. The number of nitrogens with zero attached hydrogens (tertiary/aromatic N) is 2. The molecule has 3 heteroatoms. The lowest BCUT2D eigenvalue weighted by Gasteiger charge is -2.41. The van der Waals surface area contributed by atoms with Crippen molar-refractivity contribution in [2.24, 2.45) is 0 Å². The zero-order valence-corrected chi connectivity index (χ0v) is 11.3.